The van der Waals surface area contributed by atoms with Crippen LogP contribution < -0.4 is 21.7 Å². The maximum Gasteiger partial charge on any atom is 0.224 e. The lowest BCUT2D eigenvalue weighted by Gasteiger charge is -2.31. The second-order valence-electron chi connectivity index (χ2n) is 9.77. The summed E-state index contributed by atoms with van der Waals surface area (Å²) in [5.41, 5.74) is 7.79. The molecule has 2 heterocycles. The number of nitrogens with two attached hydrogens (primary N) is 1. The van der Waals surface area contributed by atoms with Gasteiger partial charge in [0.05, 0.1) is 11.9 Å². The van der Waals surface area contributed by atoms with Crippen LogP contribution in [0.4, 0.5) is 22.0 Å². The molecule has 10 heteroatoms. The molecule has 1 aromatic carbocycles. The minimum Gasteiger partial charge on any atom is -0.354 e. The van der Waals surface area contributed by atoms with Gasteiger partial charge in [-0.1, -0.05) is 12.1 Å². The van der Waals surface area contributed by atoms with Crippen LogP contribution in [0, 0.1) is 5.82 Å². The van der Waals surface area contributed by atoms with Crippen molar-refractivity contribution < 1.29 is 9.18 Å². The van der Waals surface area contributed by atoms with Crippen molar-refractivity contribution in [1.29, 1.82) is 0 Å². The van der Waals surface area contributed by atoms with Crippen molar-refractivity contribution in [2.24, 2.45) is 5.73 Å². The fraction of sp³-hybridized carbons (Fsp3) is 0.520. The molecule has 0 aliphatic heterocycles. The Morgan fingerprint density at radius 2 is 1.74 bits per heavy atom. The second kappa shape index (κ2) is 10.2. The molecule has 2 aliphatic rings. The minimum absolute atomic E-state index is 0.00411. The fourth-order valence-corrected chi connectivity index (χ4v) is 5.29. The lowest BCUT2D eigenvalue weighted by Crippen LogP contribution is -2.36. The number of halogens is 1. The first-order valence-electron chi connectivity index (χ1n) is 12.5. The Bertz CT molecular complexity index is 1180. The molecule has 0 atom stereocenters. The Morgan fingerprint density at radius 1 is 1.03 bits per heavy atom. The van der Waals surface area contributed by atoms with Crippen molar-refractivity contribution in [1.82, 2.24) is 24.8 Å². The third-order valence-electron chi connectivity index (χ3n) is 7.13. The van der Waals surface area contributed by atoms with Gasteiger partial charge in [-0.2, -0.15) is 4.98 Å². The van der Waals surface area contributed by atoms with Gasteiger partial charge in [0.2, 0.25) is 17.8 Å². The summed E-state index contributed by atoms with van der Waals surface area (Å²) in [7, 11) is 0. The molecule has 9 nitrogen and oxygen atoms in total. The highest BCUT2D eigenvalue weighted by Gasteiger charge is 2.28. The molecule has 0 bridgehead atoms. The Balaban J connectivity index is 1.45. The summed E-state index contributed by atoms with van der Waals surface area (Å²) in [4.78, 5) is 25.6. The molecule has 2 fully saturated rings. The zero-order chi connectivity index (χ0) is 24.4. The van der Waals surface area contributed by atoms with Gasteiger partial charge in [0.25, 0.3) is 0 Å². The average Bonchev–Trinajstić information content (AvgIpc) is 3.19. The molecule has 2 aromatic heterocycles. The van der Waals surface area contributed by atoms with Crippen molar-refractivity contribution >= 4 is 34.7 Å². The van der Waals surface area contributed by atoms with Gasteiger partial charge >= 0.3 is 0 Å². The molecule has 0 radical (unpaired) electrons. The van der Waals surface area contributed by atoms with Crippen LogP contribution in [-0.2, 0) is 4.79 Å². The molecule has 0 saturated heterocycles. The number of anilines is 3. The van der Waals surface area contributed by atoms with Crippen LogP contribution in [0.15, 0.2) is 30.5 Å². The number of hydrogen-bond donors (Lipinski definition) is 4. The molecule has 3 aromatic rings. The van der Waals surface area contributed by atoms with Gasteiger partial charge < -0.3 is 21.7 Å². The molecule has 2 saturated carbocycles. The predicted octanol–water partition coefficient (Wildman–Crippen LogP) is 4.01. The van der Waals surface area contributed by atoms with Gasteiger partial charge in [-0.15, -0.1) is 0 Å². The van der Waals surface area contributed by atoms with Gasteiger partial charge in [0, 0.05) is 31.1 Å². The largest absolute Gasteiger partial charge is 0.354 e. The minimum atomic E-state index is -0.343. The van der Waals surface area contributed by atoms with Gasteiger partial charge in [-0.3, -0.25) is 9.36 Å². The summed E-state index contributed by atoms with van der Waals surface area (Å²) in [6.45, 7) is 1.55. The summed E-state index contributed by atoms with van der Waals surface area (Å²) in [5.74, 6) is 0.770. The predicted molar refractivity (Wildman–Crippen MR) is 134 cm³/mol. The van der Waals surface area contributed by atoms with E-state index in [4.69, 9.17) is 15.7 Å². The van der Waals surface area contributed by atoms with Crippen LogP contribution in [0.3, 0.4) is 0 Å². The highest BCUT2D eigenvalue weighted by atomic mass is 19.1. The first kappa shape index (κ1) is 23.5. The highest BCUT2D eigenvalue weighted by Crippen LogP contribution is 2.35. The maximum absolute atomic E-state index is 14.4. The smallest absolute Gasteiger partial charge is 0.224 e. The van der Waals surface area contributed by atoms with E-state index < -0.39 is 0 Å². The second-order valence-corrected chi connectivity index (χ2v) is 9.77. The number of imidazole rings is 1. The van der Waals surface area contributed by atoms with E-state index in [2.05, 4.69) is 25.5 Å². The third kappa shape index (κ3) is 5.37. The summed E-state index contributed by atoms with van der Waals surface area (Å²) in [6, 6.07) is 7.43. The molecular formula is C25H33FN8O. The van der Waals surface area contributed by atoms with Crippen LogP contribution in [0.2, 0.25) is 0 Å². The van der Waals surface area contributed by atoms with Crippen LogP contribution in [0.25, 0.3) is 11.2 Å². The van der Waals surface area contributed by atoms with Gasteiger partial charge in [-0.25, -0.2) is 14.4 Å². The zero-order valence-electron chi connectivity index (χ0n) is 20.0. The molecule has 0 spiro atoms. The van der Waals surface area contributed by atoms with Crippen molar-refractivity contribution in [3.8, 4) is 0 Å². The van der Waals surface area contributed by atoms with E-state index in [1.54, 1.807) is 31.3 Å². The number of nitrogens with zero attached hydrogens (tertiary/aromatic N) is 4. The summed E-state index contributed by atoms with van der Waals surface area (Å²) in [5, 5.41) is 9.69. The van der Waals surface area contributed by atoms with Crippen molar-refractivity contribution in [2.45, 2.75) is 82.5 Å². The fourth-order valence-electron chi connectivity index (χ4n) is 5.29. The average molecular weight is 481 g/mol. The standard InChI is InChI=1S/C25H33FN8O/c1-15(35)29-17-10-12-19(13-11-17)34-23-22(32-25(34)31-21-5-3-2-4-20(21)26)14-28-24(33-23)30-18-8-6-16(27)7-9-18/h2-5,14,16-19H,6-13,27H2,1H3,(H,29,35)(H,31,32)(H,28,30,33)/t16-,17-,18-,19-. The van der Waals surface area contributed by atoms with E-state index in [-0.39, 0.29) is 29.8 Å². The van der Waals surface area contributed by atoms with E-state index in [1.165, 1.54) is 6.07 Å². The normalized spacial score (nSPS) is 24.8. The number of rotatable bonds is 6. The van der Waals surface area contributed by atoms with Crippen LogP contribution in [0.5, 0.6) is 0 Å². The SMILES string of the molecule is CC(=O)N[C@H]1CC[C@H](n2c(Nc3ccccc3F)nc3cnc(N[C@H]4CC[C@H](N)CC4)nc32)CC1. The molecule has 2 aliphatic carbocycles. The maximum atomic E-state index is 14.4. The number of fused-ring (bicyclic) bond motifs is 1. The van der Waals surface area contributed by atoms with Gasteiger partial charge in [0.15, 0.2) is 5.65 Å². The summed E-state index contributed by atoms with van der Waals surface area (Å²) >= 11 is 0. The van der Waals surface area contributed by atoms with E-state index >= 15 is 0 Å². The van der Waals surface area contributed by atoms with Crippen LogP contribution >= 0.6 is 0 Å². The Labute approximate surface area is 204 Å². The number of nitrogens with one attached hydrogen (secondary N) is 3. The highest BCUT2D eigenvalue weighted by molar-refractivity contribution is 5.77. The number of carbonyl (C=O) groups excluding carboxylic acids is 1. The first-order chi connectivity index (χ1) is 17.0. The van der Waals surface area contributed by atoms with Crippen LogP contribution in [0.1, 0.15) is 64.3 Å². The van der Waals surface area contributed by atoms with Crippen molar-refractivity contribution in [2.75, 3.05) is 10.6 Å². The summed E-state index contributed by atoms with van der Waals surface area (Å²) < 4.78 is 16.5. The van der Waals surface area contributed by atoms with Gasteiger partial charge in [-0.05, 0) is 63.5 Å². The van der Waals surface area contributed by atoms with Crippen molar-refractivity contribution in [3.63, 3.8) is 0 Å². The molecule has 35 heavy (non-hydrogen) atoms. The number of para-hydroxylation sites is 1. The van der Waals surface area contributed by atoms with E-state index in [9.17, 15) is 9.18 Å². The van der Waals surface area contributed by atoms with E-state index in [0.29, 0.717) is 29.1 Å². The Kier molecular flexibility index (Phi) is 6.81. The quantitative estimate of drug-likeness (QED) is 0.420. The number of hydrogen-bond acceptors (Lipinski definition) is 7. The number of benzene rings is 1. The molecule has 186 valence electrons. The number of aromatic nitrogens is 4. The summed E-state index contributed by atoms with van der Waals surface area (Å²) in [6.07, 6.45) is 9.14. The topological polar surface area (TPSA) is 123 Å². The third-order valence-corrected chi connectivity index (χ3v) is 7.13. The molecule has 5 N–H and O–H groups in total. The lowest BCUT2D eigenvalue weighted by atomic mass is 9.91. The molecule has 0 unspecified atom stereocenters. The van der Waals surface area contributed by atoms with E-state index in [0.717, 1.165) is 57.0 Å². The lowest BCUT2D eigenvalue weighted by molar-refractivity contribution is -0.119. The molecular weight excluding hydrogens is 447 g/mol. The molecule has 5 rings (SSSR count). The van der Waals surface area contributed by atoms with Crippen molar-refractivity contribution in [3.05, 3.63) is 36.3 Å². The van der Waals surface area contributed by atoms with Crippen LogP contribution in [-0.4, -0.2) is 43.6 Å². The monoisotopic (exact) mass is 480 g/mol. The van der Waals surface area contributed by atoms with E-state index in [1.807, 2.05) is 0 Å². The number of amides is 1. The zero-order valence-corrected chi connectivity index (χ0v) is 20.0. The Morgan fingerprint density at radius 3 is 2.46 bits per heavy atom. The van der Waals surface area contributed by atoms with Gasteiger partial charge in [0.1, 0.15) is 11.3 Å². The first-order valence-corrected chi connectivity index (χ1v) is 12.5. The molecule has 1 amide bonds. The Hall–Kier alpha value is -3.27. The number of carbonyl (C=O) groups is 1.